The van der Waals surface area contributed by atoms with Gasteiger partial charge in [0.2, 0.25) is 0 Å². The second-order valence-corrected chi connectivity index (χ2v) is 6.89. The van der Waals surface area contributed by atoms with Gasteiger partial charge in [0.15, 0.2) is 4.67 Å². The third kappa shape index (κ3) is 2.98. The Hall–Kier alpha value is -0.320. The van der Waals surface area contributed by atoms with Crippen LogP contribution in [0.1, 0.15) is 51.8 Å². The normalized spacial score (nSPS) is 27.2. The van der Waals surface area contributed by atoms with E-state index < -0.39 is 0 Å². The van der Waals surface area contributed by atoms with Crippen LogP contribution in [0, 0.1) is 0 Å². The average molecular weight is 315 g/mol. The second kappa shape index (κ2) is 5.35. The smallest absolute Gasteiger partial charge is 0.169 e. The zero-order chi connectivity index (χ0) is 13.3. The SMILES string of the molecule is CC(C)(C)N1CCCCC(N)C1c1ccc(Br)o1. The Morgan fingerprint density at radius 3 is 2.61 bits per heavy atom. The van der Waals surface area contributed by atoms with Crippen molar-refractivity contribution in [1.82, 2.24) is 4.90 Å². The molecule has 1 aliphatic heterocycles. The summed E-state index contributed by atoms with van der Waals surface area (Å²) in [5.74, 6) is 0.978. The van der Waals surface area contributed by atoms with E-state index >= 15 is 0 Å². The number of halogens is 1. The van der Waals surface area contributed by atoms with E-state index in [2.05, 4.69) is 41.6 Å². The highest BCUT2D eigenvalue weighted by Gasteiger charge is 2.36. The molecule has 0 aromatic carbocycles. The van der Waals surface area contributed by atoms with E-state index in [1.807, 2.05) is 12.1 Å². The summed E-state index contributed by atoms with van der Waals surface area (Å²) >= 11 is 3.38. The molecule has 1 aromatic heterocycles. The maximum Gasteiger partial charge on any atom is 0.169 e. The molecule has 2 unspecified atom stereocenters. The molecule has 2 heterocycles. The van der Waals surface area contributed by atoms with Crippen molar-refractivity contribution in [2.45, 2.75) is 57.7 Å². The van der Waals surface area contributed by atoms with Crippen LogP contribution in [0.3, 0.4) is 0 Å². The van der Waals surface area contributed by atoms with Crippen LogP contribution in [0.25, 0.3) is 0 Å². The van der Waals surface area contributed by atoms with Gasteiger partial charge in [0.1, 0.15) is 5.76 Å². The van der Waals surface area contributed by atoms with Crippen LogP contribution >= 0.6 is 15.9 Å². The predicted molar refractivity (Wildman–Crippen MR) is 77.4 cm³/mol. The Bertz CT molecular complexity index is 397. The monoisotopic (exact) mass is 314 g/mol. The van der Waals surface area contributed by atoms with Crippen molar-refractivity contribution in [1.29, 1.82) is 0 Å². The van der Waals surface area contributed by atoms with E-state index in [9.17, 15) is 0 Å². The topological polar surface area (TPSA) is 42.4 Å². The first kappa shape index (κ1) is 14.1. The van der Waals surface area contributed by atoms with Crippen LogP contribution in [0.4, 0.5) is 0 Å². The number of hydrogen-bond donors (Lipinski definition) is 1. The average Bonchev–Trinajstić information content (AvgIpc) is 2.56. The molecule has 0 aliphatic carbocycles. The van der Waals surface area contributed by atoms with Crippen molar-refractivity contribution >= 4 is 15.9 Å². The molecule has 0 radical (unpaired) electrons. The van der Waals surface area contributed by atoms with Crippen molar-refractivity contribution in [3.05, 3.63) is 22.6 Å². The van der Waals surface area contributed by atoms with Gasteiger partial charge in [-0.25, -0.2) is 0 Å². The molecular formula is C14H23BrN2O. The first-order valence-corrected chi connectivity index (χ1v) is 7.46. The summed E-state index contributed by atoms with van der Waals surface area (Å²) in [7, 11) is 0. The third-order valence-corrected chi connectivity index (χ3v) is 4.10. The summed E-state index contributed by atoms with van der Waals surface area (Å²) in [6, 6.07) is 4.32. The molecule has 2 N–H and O–H groups in total. The van der Waals surface area contributed by atoms with Crippen LogP contribution in [-0.4, -0.2) is 23.0 Å². The van der Waals surface area contributed by atoms with Gasteiger partial charge >= 0.3 is 0 Å². The molecule has 0 saturated carbocycles. The number of rotatable bonds is 1. The fourth-order valence-electron chi connectivity index (χ4n) is 2.79. The van der Waals surface area contributed by atoms with Gasteiger partial charge in [-0.3, -0.25) is 4.90 Å². The maximum atomic E-state index is 6.39. The van der Waals surface area contributed by atoms with Gasteiger partial charge in [-0.2, -0.15) is 0 Å². The lowest BCUT2D eigenvalue weighted by molar-refractivity contribution is 0.0627. The van der Waals surface area contributed by atoms with Crippen molar-refractivity contribution < 1.29 is 4.42 Å². The molecule has 1 fully saturated rings. The molecule has 4 heteroatoms. The Kier molecular flexibility index (Phi) is 4.19. The van der Waals surface area contributed by atoms with Crippen LogP contribution in [0.2, 0.25) is 0 Å². The Labute approximate surface area is 118 Å². The largest absolute Gasteiger partial charge is 0.453 e. The molecular weight excluding hydrogens is 292 g/mol. The van der Waals surface area contributed by atoms with Crippen molar-refractivity contribution in [3.63, 3.8) is 0 Å². The van der Waals surface area contributed by atoms with Crippen LogP contribution < -0.4 is 5.73 Å². The molecule has 1 aromatic rings. The van der Waals surface area contributed by atoms with Gasteiger partial charge in [-0.1, -0.05) is 6.42 Å². The van der Waals surface area contributed by atoms with E-state index in [1.165, 1.54) is 12.8 Å². The predicted octanol–water partition coefficient (Wildman–Crippen LogP) is 3.69. The minimum Gasteiger partial charge on any atom is -0.453 e. The summed E-state index contributed by atoms with van der Waals surface area (Å²) in [6.07, 6.45) is 3.48. The van der Waals surface area contributed by atoms with Gasteiger partial charge in [-0.05, 0) is 68.2 Å². The summed E-state index contributed by atoms with van der Waals surface area (Å²) in [5, 5.41) is 0. The summed E-state index contributed by atoms with van der Waals surface area (Å²) < 4.78 is 6.55. The Morgan fingerprint density at radius 2 is 2.06 bits per heavy atom. The zero-order valence-electron chi connectivity index (χ0n) is 11.4. The fourth-order valence-corrected chi connectivity index (χ4v) is 3.11. The lowest BCUT2D eigenvalue weighted by atomic mass is 9.96. The maximum absolute atomic E-state index is 6.39. The molecule has 102 valence electrons. The molecule has 3 nitrogen and oxygen atoms in total. The molecule has 18 heavy (non-hydrogen) atoms. The Balaban J connectivity index is 2.35. The number of nitrogens with zero attached hydrogens (tertiary/aromatic N) is 1. The van der Waals surface area contributed by atoms with Crippen molar-refractivity contribution in [2.24, 2.45) is 5.73 Å². The van der Waals surface area contributed by atoms with Crippen molar-refractivity contribution in [3.8, 4) is 0 Å². The van der Waals surface area contributed by atoms with E-state index in [0.717, 1.165) is 23.4 Å². The van der Waals surface area contributed by atoms with E-state index in [-0.39, 0.29) is 17.6 Å². The standard InChI is InChI=1S/C14H23BrN2O/c1-14(2,3)17-9-5-4-6-10(16)13(17)11-7-8-12(15)18-11/h7-8,10,13H,4-6,9,16H2,1-3H3. The van der Waals surface area contributed by atoms with Gasteiger partial charge in [0, 0.05) is 11.6 Å². The van der Waals surface area contributed by atoms with Crippen LogP contribution in [-0.2, 0) is 0 Å². The first-order valence-electron chi connectivity index (χ1n) is 6.67. The minimum atomic E-state index is 0.103. The lowest BCUT2D eigenvalue weighted by Crippen LogP contribution is -2.49. The molecule has 2 rings (SSSR count). The number of hydrogen-bond acceptors (Lipinski definition) is 3. The van der Waals surface area contributed by atoms with E-state index in [1.54, 1.807) is 0 Å². The first-order chi connectivity index (χ1) is 8.39. The fraction of sp³-hybridized carbons (Fsp3) is 0.714. The summed E-state index contributed by atoms with van der Waals surface area (Å²) in [5.41, 5.74) is 6.49. The van der Waals surface area contributed by atoms with Gasteiger partial charge in [0.05, 0.1) is 6.04 Å². The number of likely N-dealkylation sites (tertiary alicyclic amines) is 1. The molecule has 2 atom stereocenters. The quantitative estimate of drug-likeness (QED) is 0.859. The molecule has 0 spiro atoms. The Morgan fingerprint density at radius 1 is 1.33 bits per heavy atom. The lowest BCUT2D eigenvalue weighted by Gasteiger charge is -2.41. The number of nitrogens with two attached hydrogens (primary N) is 1. The molecule has 0 bridgehead atoms. The summed E-state index contributed by atoms with van der Waals surface area (Å²) in [4.78, 5) is 2.48. The molecule has 1 saturated heterocycles. The summed E-state index contributed by atoms with van der Waals surface area (Å²) in [6.45, 7) is 7.82. The van der Waals surface area contributed by atoms with Crippen LogP contribution in [0.15, 0.2) is 21.2 Å². The third-order valence-electron chi connectivity index (χ3n) is 3.67. The van der Waals surface area contributed by atoms with Gasteiger partial charge < -0.3 is 10.2 Å². The zero-order valence-corrected chi connectivity index (χ0v) is 13.0. The van der Waals surface area contributed by atoms with Crippen molar-refractivity contribution in [2.75, 3.05) is 6.54 Å². The minimum absolute atomic E-state index is 0.103. The van der Waals surface area contributed by atoms with E-state index in [4.69, 9.17) is 10.2 Å². The molecule has 1 aliphatic rings. The highest BCUT2D eigenvalue weighted by molar-refractivity contribution is 9.10. The molecule has 0 amide bonds. The number of furan rings is 1. The van der Waals surface area contributed by atoms with Gasteiger partial charge in [-0.15, -0.1) is 0 Å². The van der Waals surface area contributed by atoms with E-state index in [0.29, 0.717) is 0 Å². The highest BCUT2D eigenvalue weighted by atomic mass is 79.9. The van der Waals surface area contributed by atoms with Gasteiger partial charge in [0.25, 0.3) is 0 Å². The highest BCUT2D eigenvalue weighted by Crippen LogP contribution is 2.36. The second-order valence-electron chi connectivity index (χ2n) is 6.11. The van der Waals surface area contributed by atoms with Crippen LogP contribution in [0.5, 0.6) is 0 Å².